The number of rotatable bonds is 9. The Balaban J connectivity index is 2.21. The number of benzene rings is 2. The van der Waals surface area contributed by atoms with Crippen LogP contribution in [0.1, 0.15) is 24.2 Å². The van der Waals surface area contributed by atoms with E-state index in [4.69, 9.17) is 18.9 Å². The molecule has 30 heavy (non-hydrogen) atoms. The summed E-state index contributed by atoms with van der Waals surface area (Å²) in [5.74, 6) is 1.11. The van der Waals surface area contributed by atoms with E-state index in [9.17, 15) is 9.59 Å². The molecule has 2 amide bonds. The molecule has 0 spiro atoms. The maximum absolute atomic E-state index is 12.9. The molecule has 0 fully saturated rings. The van der Waals surface area contributed by atoms with Crippen molar-refractivity contribution in [3.05, 3.63) is 42.0 Å². The number of carbonyl (C=O) groups is 2. The van der Waals surface area contributed by atoms with Gasteiger partial charge in [0.2, 0.25) is 5.91 Å². The van der Waals surface area contributed by atoms with E-state index in [2.05, 4.69) is 10.6 Å². The Kier molecular flexibility index (Phi) is 7.91. The largest absolute Gasteiger partial charge is 0.497 e. The van der Waals surface area contributed by atoms with Crippen molar-refractivity contribution in [3.63, 3.8) is 0 Å². The predicted molar refractivity (Wildman–Crippen MR) is 114 cm³/mol. The molecule has 8 heteroatoms. The van der Waals surface area contributed by atoms with Gasteiger partial charge in [0.25, 0.3) is 5.91 Å². The summed E-state index contributed by atoms with van der Waals surface area (Å²) in [6, 6.07) is 9.11. The molecule has 0 unspecified atom stereocenters. The van der Waals surface area contributed by atoms with E-state index in [-0.39, 0.29) is 11.8 Å². The van der Waals surface area contributed by atoms with Gasteiger partial charge >= 0.3 is 0 Å². The first-order chi connectivity index (χ1) is 14.3. The number of anilines is 1. The first kappa shape index (κ1) is 22.9. The molecule has 0 bridgehead atoms. The number of methoxy groups -OCH3 is 4. The summed E-state index contributed by atoms with van der Waals surface area (Å²) < 4.78 is 20.9. The van der Waals surface area contributed by atoms with Gasteiger partial charge in [-0.25, -0.2) is 0 Å². The number of hydrogen-bond donors (Lipinski definition) is 2. The highest BCUT2D eigenvalue weighted by Gasteiger charge is 2.25. The molecule has 0 saturated heterocycles. The van der Waals surface area contributed by atoms with Crippen LogP contribution in [0.2, 0.25) is 0 Å². The van der Waals surface area contributed by atoms with Crippen LogP contribution in [-0.4, -0.2) is 46.3 Å². The topological polar surface area (TPSA) is 95.1 Å². The third kappa shape index (κ3) is 5.79. The maximum atomic E-state index is 12.9. The second-order valence-corrected chi connectivity index (χ2v) is 6.89. The fourth-order valence-electron chi connectivity index (χ4n) is 2.80. The first-order valence-electron chi connectivity index (χ1n) is 9.39. The van der Waals surface area contributed by atoms with E-state index in [0.29, 0.717) is 34.2 Å². The molecular formula is C22H28N2O6. The fraction of sp³-hybridized carbons (Fsp3) is 0.364. The number of hydrogen-bond acceptors (Lipinski definition) is 6. The summed E-state index contributed by atoms with van der Waals surface area (Å²) >= 11 is 0. The monoisotopic (exact) mass is 416 g/mol. The Hall–Kier alpha value is -3.42. The predicted octanol–water partition coefficient (Wildman–Crippen LogP) is 3.11. The molecule has 0 radical (unpaired) electrons. The van der Waals surface area contributed by atoms with Gasteiger partial charge in [-0.1, -0.05) is 13.8 Å². The van der Waals surface area contributed by atoms with Crippen LogP contribution in [0.3, 0.4) is 0 Å². The van der Waals surface area contributed by atoms with Crippen LogP contribution in [0.25, 0.3) is 0 Å². The van der Waals surface area contributed by atoms with Crippen molar-refractivity contribution in [2.45, 2.75) is 19.9 Å². The lowest BCUT2D eigenvalue weighted by molar-refractivity contribution is -0.118. The third-order valence-corrected chi connectivity index (χ3v) is 4.47. The smallest absolute Gasteiger partial charge is 0.252 e. The number of nitrogens with one attached hydrogen (secondary N) is 2. The van der Waals surface area contributed by atoms with Crippen LogP contribution in [-0.2, 0) is 4.79 Å². The Labute approximate surface area is 176 Å². The van der Waals surface area contributed by atoms with E-state index in [1.807, 2.05) is 13.8 Å². The van der Waals surface area contributed by atoms with Gasteiger partial charge in [-0.15, -0.1) is 0 Å². The van der Waals surface area contributed by atoms with E-state index in [1.165, 1.54) is 28.4 Å². The zero-order chi connectivity index (χ0) is 22.3. The van der Waals surface area contributed by atoms with Crippen LogP contribution in [0.5, 0.6) is 23.0 Å². The number of carbonyl (C=O) groups excluding carboxylic acids is 2. The van der Waals surface area contributed by atoms with E-state index < -0.39 is 11.9 Å². The summed E-state index contributed by atoms with van der Waals surface area (Å²) in [5, 5.41) is 5.60. The Morgan fingerprint density at radius 3 is 1.57 bits per heavy atom. The number of ether oxygens (including phenoxy) is 4. The van der Waals surface area contributed by atoms with Crippen molar-refractivity contribution in [1.82, 2.24) is 5.32 Å². The quantitative estimate of drug-likeness (QED) is 0.652. The summed E-state index contributed by atoms with van der Waals surface area (Å²) in [4.78, 5) is 25.7. The second kappa shape index (κ2) is 10.4. The Bertz CT molecular complexity index is 853. The molecule has 0 heterocycles. The van der Waals surface area contributed by atoms with Gasteiger partial charge in [0, 0.05) is 35.5 Å². The molecule has 0 aromatic heterocycles. The summed E-state index contributed by atoms with van der Waals surface area (Å²) in [5.41, 5.74) is 0.826. The summed E-state index contributed by atoms with van der Waals surface area (Å²) in [6.07, 6.45) is 0. The lowest BCUT2D eigenvalue weighted by Crippen LogP contribution is -2.47. The van der Waals surface area contributed by atoms with Crippen LogP contribution in [0, 0.1) is 5.92 Å². The highest BCUT2D eigenvalue weighted by atomic mass is 16.5. The van der Waals surface area contributed by atoms with Gasteiger partial charge < -0.3 is 29.6 Å². The van der Waals surface area contributed by atoms with Gasteiger partial charge in [0.1, 0.15) is 29.0 Å². The third-order valence-electron chi connectivity index (χ3n) is 4.47. The second-order valence-electron chi connectivity index (χ2n) is 6.89. The first-order valence-corrected chi connectivity index (χ1v) is 9.39. The van der Waals surface area contributed by atoms with E-state index in [0.717, 1.165) is 0 Å². The Morgan fingerprint density at radius 1 is 0.733 bits per heavy atom. The van der Waals surface area contributed by atoms with Gasteiger partial charge in [-0.2, -0.15) is 0 Å². The van der Waals surface area contributed by atoms with Gasteiger partial charge in [0.15, 0.2) is 0 Å². The zero-order valence-corrected chi connectivity index (χ0v) is 18.1. The molecular weight excluding hydrogens is 388 g/mol. The van der Waals surface area contributed by atoms with Crippen LogP contribution in [0.4, 0.5) is 5.69 Å². The molecule has 1 atom stereocenters. The highest BCUT2D eigenvalue weighted by Crippen LogP contribution is 2.26. The highest BCUT2D eigenvalue weighted by molar-refractivity contribution is 6.01. The molecule has 8 nitrogen and oxygen atoms in total. The minimum Gasteiger partial charge on any atom is -0.497 e. The molecule has 0 aliphatic carbocycles. The molecule has 0 aliphatic rings. The molecule has 2 rings (SSSR count). The SMILES string of the molecule is COc1cc(NC(=O)[C@@H](NC(=O)c2cc(OC)cc(OC)c2)C(C)C)cc(OC)c1. The standard InChI is InChI=1S/C22H28N2O6/c1-13(2)20(22(26)23-15-9-18(29-5)12-19(10-15)30-6)24-21(25)14-7-16(27-3)11-17(8-14)28-4/h7-13,20H,1-6H3,(H,23,26)(H,24,25)/t20-/m0/s1. The summed E-state index contributed by atoms with van der Waals surface area (Å²) in [7, 11) is 6.06. The zero-order valence-electron chi connectivity index (χ0n) is 18.1. The maximum Gasteiger partial charge on any atom is 0.252 e. The molecule has 0 saturated carbocycles. The number of amides is 2. The summed E-state index contributed by atoms with van der Waals surface area (Å²) in [6.45, 7) is 3.70. The molecule has 2 aromatic carbocycles. The molecule has 2 N–H and O–H groups in total. The van der Waals surface area contributed by atoms with Crippen molar-refractivity contribution in [2.75, 3.05) is 33.8 Å². The average molecular weight is 416 g/mol. The normalized spacial score (nSPS) is 11.4. The van der Waals surface area contributed by atoms with Crippen molar-refractivity contribution in [3.8, 4) is 23.0 Å². The lowest BCUT2D eigenvalue weighted by atomic mass is 10.0. The Morgan fingerprint density at radius 2 is 1.17 bits per heavy atom. The molecule has 2 aromatic rings. The van der Waals surface area contributed by atoms with Crippen molar-refractivity contribution in [1.29, 1.82) is 0 Å². The van der Waals surface area contributed by atoms with Gasteiger partial charge in [-0.05, 0) is 18.1 Å². The van der Waals surface area contributed by atoms with Gasteiger partial charge in [-0.3, -0.25) is 9.59 Å². The average Bonchev–Trinajstić information content (AvgIpc) is 2.75. The van der Waals surface area contributed by atoms with Crippen LogP contribution in [0.15, 0.2) is 36.4 Å². The van der Waals surface area contributed by atoms with Crippen LogP contribution >= 0.6 is 0 Å². The lowest BCUT2D eigenvalue weighted by Gasteiger charge is -2.22. The minimum absolute atomic E-state index is 0.158. The molecule has 0 aliphatic heterocycles. The van der Waals surface area contributed by atoms with Crippen molar-refractivity contribution >= 4 is 17.5 Å². The van der Waals surface area contributed by atoms with Crippen molar-refractivity contribution < 1.29 is 28.5 Å². The van der Waals surface area contributed by atoms with Crippen LogP contribution < -0.4 is 29.6 Å². The van der Waals surface area contributed by atoms with E-state index >= 15 is 0 Å². The van der Waals surface area contributed by atoms with Crippen molar-refractivity contribution in [2.24, 2.45) is 5.92 Å². The fourth-order valence-corrected chi connectivity index (χ4v) is 2.80. The molecule has 162 valence electrons. The minimum atomic E-state index is -0.771. The van der Waals surface area contributed by atoms with Gasteiger partial charge in [0.05, 0.1) is 28.4 Å². The van der Waals surface area contributed by atoms with E-state index in [1.54, 1.807) is 36.4 Å².